The number of rotatable bonds is 42. The van der Waals surface area contributed by atoms with Crippen LogP contribution >= 0.6 is 7.82 Å². The van der Waals surface area contributed by atoms with Crippen LogP contribution in [0.2, 0.25) is 0 Å². The van der Waals surface area contributed by atoms with Crippen molar-refractivity contribution in [2.45, 2.75) is 225 Å². The Bertz CT molecular complexity index is 995. The second-order valence-electron chi connectivity index (χ2n) is 15.2. The van der Waals surface area contributed by atoms with Gasteiger partial charge >= 0.3 is 25.7 Å². The number of unbranched alkanes of at least 4 members (excludes halogenated alkanes) is 26. The number of hydrogen-bond acceptors (Lipinski definition) is 9. The topological polar surface area (TPSA) is 172 Å². The highest BCUT2D eigenvalue weighted by molar-refractivity contribution is 7.47. The highest BCUT2D eigenvalue weighted by Gasteiger charge is 2.28. The number of carbonyl (C=O) groups excluding carboxylic acids is 2. The lowest BCUT2D eigenvalue weighted by atomic mass is 10.0. The van der Waals surface area contributed by atoms with E-state index in [1.165, 1.54) is 135 Å². The van der Waals surface area contributed by atoms with E-state index >= 15 is 0 Å². The Balaban J connectivity index is 4.31. The van der Waals surface area contributed by atoms with E-state index in [0.29, 0.717) is 12.8 Å². The summed E-state index contributed by atoms with van der Waals surface area (Å²) in [6, 6.07) is -1.52. The molecule has 324 valence electrons. The molecule has 0 saturated heterocycles. The maximum absolute atomic E-state index is 12.6. The number of nitrogens with two attached hydrogens (primary N) is 1. The quantitative estimate of drug-likeness (QED) is 0.0232. The minimum absolute atomic E-state index is 0.166. The monoisotopic (exact) mass is 804 g/mol. The van der Waals surface area contributed by atoms with Crippen LogP contribution in [0.5, 0.6) is 0 Å². The number of esters is 2. The van der Waals surface area contributed by atoms with Gasteiger partial charge in [0.1, 0.15) is 12.6 Å². The number of carboxylic acids is 1. The second kappa shape index (κ2) is 39.1. The van der Waals surface area contributed by atoms with Crippen LogP contribution in [0.4, 0.5) is 0 Å². The first kappa shape index (κ1) is 53.2. The molecule has 0 bridgehead atoms. The molecular weight excluding hydrogens is 721 g/mol. The summed E-state index contributed by atoms with van der Waals surface area (Å²) in [5.41, 5.74) is 5.33. The van der Waals surface area contributed by atoms with Crippen molar-refractivity contribution in [2.24, 2.45) is 5.73 Å². The van der Waals surface area contributed by atoms with Gasteiger partial charge in [0.25, 0.3) is 0 Å². The van der Waals surface area contributed by atoms with Gasteiger partial charge in [0.15, 0.2) is 6.10 Å². The summed E-state index contributed by atoms with van der Waals surface area (Å²) >= 11 is 0. The predicted octanol–water partition coefficient (Wildman–Crippen LogP) is 11.7. The van der Waals surface area contributed by atoms with Crippen molar-refractivity contribution in [3.8, 4) is 0 Å². The predicted molar refractivity (Wildman–Crippen MR) is 222 cm³/mol. The molecule has 0 aliphatic carbocycles. The summed E-state index contributed by atoms with van der Waals surface area (Å²) < 4.78 is 32.7. The van der Waals surface area contributed by atoms with E-state index < -0.39 is 51.1 Å². The van der Waals surface area contributed by atoms with Gasteiger partial charge in [0, 0.05) is 12.8 Å². The van der Waals surface area contributed by atoms with Gasteiger partial charge in [-0.2, -0.15) is 0 Å². The Kier molecular flexibility index (Phi) is 37.8. The van der Waals surface area contributed by atoms with Crippen molar-refractivity contribution in [1.29, 1.82) is 0 Å². The van der Waals surface area contributed by atoms with Gasteiger partial charge in [0.2, 0.25) is 0 Å². The molecule has 0 aromatic carbocycles. The van der Waals surface area contributed by atoms with E-state index in [9.17, 15) is 23.8 Å². The van der Waals surface area contributed by atoms with Crippen LogP contribution in [0.25, 0.3) is 0 Å². The molecule has 0 rings (SSSR count). The zero-order valence-electron chi connectivity index (χ0n) is 35.0. The van der Waals surface area contributed by atoms with Crippen molar-refractivity contribution >= 4 is 25.7 Å². The van der Waals surface area contributed by atoms with Gasteiger partial charge < -0.3 is 25.2 Å². The van der Waals surface area contributed by atoms with E-state index in [1.54, 1.807) is 0 Å². The molecular formula is C43H82NO10P. The summed E-state index contributed by atoms with van der Waals surface area (Å²) in [4.78, 5) is 45.9. The van der Waals surface area contributed by atoms with Gasteiger partial charge in [0.05, 0.1) is 13.2 Å². The van der Waals surface area contributed by atoms with Gasteiger partial charge in [-0.05, 0) is 38.5 Å². The fraction of sp³-hybridized carbons (Fsp3) is 0.884. The Hall–Kier alpha value is -1.78. The van der Waals surface area contributed by atoms with Crippen molar-refractivity contribution in [3.63, 3.8) is 0 Å². The number of phosphoric acid groups is 1. The molecule has 0 fully saturated rings. The molecule has 0 aliphatic heterocycles. The second-order valence-corrected chi connectivity index (χ2v) is 16.6. The Morgan fingerprint density at radius 2 is 0.909 bits per heavy atom. The normalized spacial score (nSPS) is 13.8. The van der Waals surface area contributed by atoms with Crippen LogP contribution in [0.15, 0.2) is 12.2 Å². The number of phosphoric ester groups is 1. The molecule has 0 radical (unpaired) electrons. The summed E-state index contributed by atoms with van der Waals surface area (Å²) in [6.07, 6.45) is 38.4. The number of ether oxygens (including phenoxy) is 2. The summed E-state index contributed by atoms with van der Waals surface area (Å²) in [7, 11) is -4.71. The van der Waals surface area contributed by atoms with E-state index in [4.69, 9.17) is 24.8 Å². The smallest absolute Gasteiger partial charge is 0.472 e. The molecule has 0 aromatic rings. The van der Waals surface area contributed by atoms with Crippen LogP contribution in [0.1, 0.15) is 213 Å². The van der Waals surface area contributed by atoms with Crippen LogP contribution in [-0.4, -0.2) is 59.9 Å². The fourth-order valence-corrected chi connectivity index (χ4v) is 7.02. The van der Waals surface area contributed by atoms with Crippen molar-refractivity contribution < 1.29 is 47.5 Å². The number of allylic oxidation sites excluding steroid dienone is 2. The molecule has 4 N–H and O–H groups in total. The molecule has 0 heterocycles. The number of carboxylic acid groups (broad SMARTS) is 1. The average molecular weight is 804 g/mol. The van der Waals surface area contributed by atoms with Gasteiger partial charge in [-0.25, -0.2) is 4.57 Å². The van der Waals surface area contributed by atoms with E-state index in [1.807, 2.05) is 0 Å². The molecule has 0 aromatic heterocycles. The molecule has 0 saturated carbocycles. The first-order chi connectivity index (χ1) is 26.6. The van der Waals surface area contributed by atoms with Crippen molar-refractivity contribution in [1.82, 2.24) is 0 Å². The Morgan fingerprint density at radius 3 is 1.35 bits per heavy atom. The van der Waals surface area contributed by atoms with E-state index in [0.717, 1.165) is 38.5 Å². The molecule has 11 nitrogen and oxygen atoms in total. The van der Waals surface area contributed by atoms with Crippen LogP contribution in [-0.2, 0) is 37.5 Å². The van der Waals surface area contributed by atoms with Gasteiger partial charge in [-0.15, -0.1) is 0 Å². The molecule has 3 atom stereocenters. The van der Waals surface area contributed by atoms with E-state index in [2.05, 4.69) is 30.5 Å². The third-order valence-electron chi connectivity index (χ3n) is 9.76. The third kappa shape index (κ3) is 38.9. The molecule has 12 heteroatoms. The van der Waals surface area contributed by atoms with Crippen molar-refractivity contribution in [3.05, 3.63) is 12.2 Å². The highest BCUT2D eigenvalue weighted by Crippen LogP contribution is 2.43. The highest BCUT2D eigenvalue weighted by atomic mass is 31.2. The zero-order valence-corrected chi connectivity index (χ0v) is 35.9. The fourth-order valence-electron chi connectivity index (χ4n) is 6.24. The summed E-state index contributed by atoms with van der Waals surface area (Å²) in [5.74, 6) is -2.37. The first-order valence-electron chi connectivity index (χ1n) is 22.2. The van der Waals surface area contributed by atoms with Gasteiger partial charge in [-0.1, -0.05) is 174 Å². The number of aliphatic carboxylic acids is 1. The minimum Gasteiger partial charge on any atom is -0.480 e. The Labute approximate surface area is 335 Å². The lowest BCUT2D eigenvalue weighted by Gasteiger charge is -2.20. The Morgan fingerprint density at radius 1 is 0.545 bits per heavy atom. The molecule has 1 unspecified atom stereocenters. The van der Waals surface area contributed by atoms with Crippen LogP contribution in [0.3, 0.4) is 0 Å². The molecule has 0 aliphatic rings. The van der Waals surface area contributed by atoms with Gasteiger partial charge in [-0.3, -0.25) is 23.4 Å². The minimum atomic E-state index is -4.71. The lowest BCUT2D eigenvalue weighted by Crippen LogP contribution is -2.34. The maximum atomic E-state index is 12.6. The molecule has 0 amide bonds. The maximum Gasteiger partial charge on any atom is 0.472 e. The largest absolute Gasteiger partial charge is 0.480 e. The third-order valence-corrected chi connectivity index (χ3v) is 10.7. The SMILES string of the molecule is CCCCCC/C=C/CCCCCCCCCCCC(=O)OC[C@H](COP(=O)(O)OC[C@H](N)C(=O)O)OC(=O)CCCCCCCCCCCCCCCC. The zero-order chi connectivity index (χ0) is 40.7. The lowest BCUT2D eigenvalue weighted by molar-refractivity contribution is -0.161. The summed E-state index contributed by atoms with van der Waals surface area (Å²) in [6.45, 7) is 2.81. The number of hydrogen-bond donors (Lipinski definition) is 3. The van der Waals surface area contributed by atoms with Crippen molar-refractivity contribution in [2.75, 3.05) is 19.8 Å². The molecule has 0 spiro atoms. The summed E-state index contributed by atoms with van der Waals surface area (Å²) in [5, 5.41) is 8.89. The van der Waals surface area contributed by atoms with E-state index in [-0.39, 0.29) is 19.4 Å². The molecule has 55 heavy (non-hydrogen) atoms. The van der Waals surface area contributed by atoms with Crippen LogP contribution < -0.4 is 5.73 Å². The average Bonchev–Trinajstić information content (AvgIpc) is 3.16. The number of carbonyl (C=O) groups is 3. The standard InChI is InChI=1S/C43H82NO10P/c1-3-5-7-9-11-13-15-17-19-20-21-23-24-26-28-30-32-34-41(45)51-36-39(37-52-55(49,50)53-38-40(44)43(47)48)54-42(46)35-33-31-29-27-25-22-18-16-14-12-10-8-6-4-2/h13,15,39-40H,3-12,14,16-38,44H2,1-2H3,(H,47,48)(H,49,50)/b15-13+/t39-,40+/m1/s1. The first-order valence-corrected chi connectivity index (χ1v) is 23.7. The van der Waals surface area contributed by atoms with Crippen LogP contribution in [0, 0.1) is 0 Å².